The SMILES string of the molecule is O[C@@H]1[C@@H](NCCCN2CCCCC2)CCC[C@H]1Oc1ccccc1. The third-order valence-electron chi connectivity index (χ3n) is 5.33. The second-order valence-corrected chi connectivity index (χ2v) is 7.21. The Morgan fingerprint density at radius 1 is 1.04 bits per heavy atom. The lowest BCUT2D eigenvalue weighted by molar-refractivity contribution is -0.0154. The largest absolute Gasteiger partial charge is 0.488 e. The van der Waals surface area contributed by atoms with Crippen LogP contribution in [0.4, 0.5) is 0 Å². The van der Waals surface area contributed by atoms with E-state index in [0.717, 1.165) is 38.0 Å². The second-order valence-electron chi connectivity index (χ2n) is 7.21. The summed E-state index contributed by atoms with van der Waals surface area (Å²) in [5.74, 6) is 0.854. The van der Waals surface area contributed by atoms with Gasteiger partial charge in [-0.2, -0.15) is 0 Å². The third kappa shape index (κ3) is 5.20. The number of nitrogens with one attached hydrogen (secondary N) is 1. The van der Waals surface area contributed by atoms with Crippen LogP contribution < -0.4 is 10.1 Å². The minimum Gasteiger partial charge on any atom is -0.488 e. The average molecular weight is 332 g/mol. The van der Waals surface area contributed by atoms with Crippen LogP contribution in [0.2, 0.25) is 0 Å². The van der Waals surface area contributed by atoms with Crippen molar-refractivity contribution in [3.8, 4) is 5.75 Å². The van der Waals surface area contributed by atoms with Crippen molar-refractivity contribution in [2.75, 3.05) is 26.2 Å². The first kappa shape index (κ1) is 17.7. The van der Waals surface area contributed by atoms with E-state index in [1.54, 1.807) is 0 Å². The van der Waals surface area contributed by atoms with Crippen molar-refractivity contribution in [1.82, 2.24) is 10.2 Å². The molecule has 1 aromatic rings. The molecule has 0 unspecified atom stereocenters. The van der Waals surface area contributed by atoms with Crippen LogP contribution in [-0.4, -0.2) is 54.4 Å². The second kappa shape index (κ2) is 9.40. The molecule has 2 aliphatic rings. The number of nitrogens with zero attached hydrogens (tertiary/aromatic N) is 1. The van der Waals surface area contributed by atoms with E-state index in [1.807, 2.05) is 30.3 Å². The van der Waals surface area contributed by atoms with Crippen molar-refractivity contribution in [2.24, 2.45) is 0 Å². The van der Waals surface area contributed by atoms with Gasteiger partial charge >= 0.3 is 0 Å². The van der Waals surface area contributed by atoms with Crippen molar-refractivity contribution >= 4 is 0 Å². The van der Waals surface area contributed by atoms with E-state index < -0.39 is 6.10 Å². The van der Waals surface area contributed by atoms with Crippen LogP contribution in [0.5, 0.6) is 5.75 Å². The Hall–Kier alpha value is -1.10. The molecule has 24 heavy (non-hydrogen) atoms. The summed E-state index contributed by atoms with van der Waals surface area (Å²) < 4.78 is 6.00. The van der Waals surface area contributed by atoms with Gasteiger partial charge in [0.2, 0.25) is 0 Å². The molecule has 3 atom stereocenters. The minimum atomic E-state index is -0.422. The molecule has 134 valence electrons. The highest BCUT2D eigenvalue weighted by Gasteiger charge is 2.32. The maximum absolute atomic E-state index is 10.6. The summed E-state index contributed by atoms with van der Waals surface area (Å²) in [7, 11) is 0. The first-order chi connectivity index (χ1) is 11.8. The molecule has 1 aliphatic heterocycles. The lowest BCUT2D eigenvalue weighted by atomic mass is 9.89. The molecule has 3 rings (SSSR count). The Kier molecular flexibility index (Phi) is 6.94. The number of piperidine rings is 1. The number of ether oxygens (including phenoxy) is 1. The smallest absolute Gasteiger partial charge is 0.126 e. The molecule has 1 saturated carbocycles. The van der Waals surface area contributed by atoms with Crippen LogP contribution in [-0.2, 0) is 0 Å². The zero-order valence-corrected chi connectivity index (χ0v) is 14.7. The third-order valence-corrected chi connectivity index (χ3v) is 5.33. The molecule has 4 nitrogen and oxygen atoms in total. The van der Waals surface area contributed by atoms with E-state index in [-0.39, 0.29) is 12.1 Å². The quantitative estimate of drug-likeness (QED) is 0.754. The molecule has 0 radical (unpaired) electrons. The number of hydrogen-bond donors (Lipinski definition) is 2. The van der Waals surface area contributed by atoms with Crippen LogP contribution in [0, 0.1) is 0 Å². The van der Waals surface area contributed by atoms with Gasteiger partial charge in [0.1, 0.15) is 18.0 Å². The fourth-order valence-corrected chi connectivity index (χ4v) is 3.94. The van der Waals surface area contributed by atoms with Crippen molar-refractivity contribution in [3.05, 3.63) is 30.3 Å². The molecular weight excluding hydrogens is 300 g/mol. The molecule has 0 amide bonds. The van der Waals surface area contributed by atoms with Crippen molar-refractivity contribution < 1.29 is 9.84 Å². The molecular formula is C20H32N2O2. The zero-order chi connectivity index (χ0) is 16.6. The van der Waals surface area contributed by atoms with Crippen LogP contribution in [0.3, 0.4) is 0 Å². The Labute approximate surface area is 146 Å². The summed E-state index contributed by atoms with van der Waals surface area (Å²) in [4.78, 5) is 2.57. The van der Waals surface area contributed by atoms with E-state index in [0.29, 0.717) is 0 Å². The normalized spacial score (nSPS) is 28.6. The van der Waals surface area contributed by atoms with Gasteiger partial charge in [-0.1, -0.05) is 24.6 Å². The van der Waals surface area contributed by atoms with E-state index in [4.69, 9.17) is 4.74 Å². The van der Waals surface area contributed by atoms with Gasteiger partial charge in [-0.25, -0.2) is 0 Å². The van der Waals surface area contributed by atoms with Gasteiger partial charge in [-0.3, -0.25) is 0 Å². The molecule has 4 heteroatoms. The molecule has 1 aromatic carbocycles. The minimum absolute atomic E-state index is 0.0965. The summed E-state index contributed by atoms with van der Waals surface area (Å²) in [6.07, 6.45) is 7.83. The van der Waals surface area contributed by atoms with E-state index >= 15 is 0 Å². The lowest BCUT2D eigenvalue weighted by Crippen LogP contribution is -2.51. The van der Waals surface area contributed by atoms with Gasteiger partial charge in [0.05, 0.1) is 0 Å². The number of benzene rings is 1. The Balaban J connectivity index is 1.39. The first-order valence-corrected chi connectivity index (χ1v) is 9.68. The van der Waals surface area contributed by atoms with Crippen molar-refractivity contribution in [3.63, 3.8) is 0 Å². The number of para-hydroxylation sites is 1. The van der Waals surface area contributed by atoms with Gasteiger partial charge in [0.25, 0.3) is 0 Å². The van der Waals surface area contributed by atoms with Crippen LogP contribution in [0.25, 0.3) is 0 Å². The average Bonchev–Trinajstić information content (AvgIpc) is 2.63. The summed E-state index contributed by atoms with van der Waals surface area (Å²) in [6, 6.07) is 10.0. The molecule has 0 aromatic heterocycles. The molecule has 2 N–H and O–H groups in total. The van der Waals surface area contributed by atoms with Crippen LogP contribution in [0.15, 0.2) is 30.3 Å². The molecule has 0 bridgehead atoms. The number of hydrogen-bond acceptors (Lipinski definition) is 4. The monoisotopic (exact) mass is 332 g/mol. The fourth-order valence-electron chi connectivity index (χ4n) is 3.94. The van der Waals surface area contributed by atoms with Gasteiger partial charge in [0.15, 0.2) is 0 Å². The zero-order valence-electron chi connectivity index (χ0n) is 14.7. The van der Waals surface area contributed by atoms with E-state index in [9.17, 15) is 5.11 Å². The highest BCUT2D eigenvalue weighted by atomic mass is 16.5. The van der Waals surface area contributed by atoms with Gasteiger partial charge in [-0.05, 0) is 76.8 Å². The molecule has 1 saturated heterocycles. The number of likely N-dealkylation sites (tertiary alicyclic amines) is 1. The van der Waals surface area contributed by atoms with Crippen molar-refractivity contribution in [1.29, 1.82) is 0 Å². The summed E-state index contributed by atoms with van der Waals surface area (Å²) in [5, 5.41) is 14.2. The lowest BCUT2D eigenvalue weighted by Gasteiger charge is -2.35. The van der Waals surface area contributed by atoms with Crippen molar-refractivity contribution in [2.45, 2.75) is 63.2 Å². The van der Waals surface area contributed by atoms with Gasteiger partial charge in [-0.15, -0.1) is 0 Å². The maximum atomic E-state index is 10.6. The standard InChI is InChI=1S/C20H32N2O2/c23-20-18(21-13-8-16-22-14-5-2-6-15-22)11-7-12-19(20)24-17-9-3-1-4-10-17/h1,3-4,9-10,18-21,23H,2,5-8,11-16H2/t18-,19+,20+/m0/s1. The van der Waals surface area contributed by atoms with E-state index in [2.05, 4.69) is 10.2 Å². The Morgan fingerprint density at radius 2 is 1.83 bits per heavy atom. The number of aliphatic hydroxyl groups is 1. The van der Waals surface area contributed by atoms with Gasteiger partial charge < -0.3 is 20.1 Å². The first-order valence-electron chi connectivity index (χ1n) is 9.68. The Morgan fingerprint density at radius 3 is 2.62 bits per heavy atom. The van der Waals surface area contributed by atoms with Crippen LogP contribution in [0.1, 0.15) is 44.9 Å². The summed E-state index contributed by atoms with van der Waals surface area (Å²) in [5.41, 5.74) is 0. The molecule has 0 spiro atoms. The molecule has 1 aliphatic carbocycles. The summed E-state index contributed by atoms with van der Waals surface area (Å²) >= 11 is 0. The van der Waals surface area contributed by atoms with Crippen LogP contribution >= 0.6 is 0 Å². The maximum Gasteiger partial charge on any atom is 0.126 e. The topological polar surface area (TPSA) is 44.7 Å². The van der Waals surface area contributed by atoms with Gasteiger partial charge in [0, 0.05) is 6.04 Å². The molecule has 1 heterocycles. The molecule has 2 fully saturated rings. The van der Waals surface area contributed by atoms with E-state index in [1.165, 1.54) is 38.9 Å². The number of rotatable bonds is 7. The highest BCUT2D eigenvalue weighted by molar-refractivity contribution is 5.21. The predicted octanol–water partition coefficient (Wildman–Crippen LogP) is 2.81. The summed E-state index contributed by atoms with van der Waals surface area (Å²) in [6.45, 7) is 4.69. The predicted molar refractivity (Wildman–Crippen MR) is 97.4 cm³/mol. The fraction of sp³-hybridized carbons (Fsp3) is 0.700. The number of aliphatic hydroxyl groups excluding tert-OH is 1. The Bertz CT molecular complexity index is 462. The highest BCUT2D eigenvalue weighted by Crippen LogP contribution is 2.24.